The van der Waals surface area contributed by atoms with Gasteiger partial charge in [-0.25, -0.2) is 4.39 Å². The van der Waals surface area contributed by atoms with Crippen molar-refractivity contribution in [2.24, 2.45) is 0 Å². The van der Waals surface area contributed by atoms with E-state index in [1.807, 2.05) is 24.3 Å². The van der Waals surface area contributed by atoms with Crippen molar-refractivity contribution in [1.29, 1.82) is 0 Å². The van der Waals surface area contributed by atoms with Crippen LogP contribution in [0.4, 0.5) is 4.39 Å². The summed E-state index contributed by atoms with van der Waals surface area (Å²) in [5.41, 5.74) is 0.462. The average molecular weight is 426 g/mol. The lowest BCUT2D eigenvalue weighted by atomic mass is 9.87. The minimum atomic E-state index is -1.30. The van der Waals surface area contributed by atoms with Crippen molar-refractivity contribution in [2.45, 2.75) is 32.7 Å². The largest absolute Gasteiger partial charge is 0.506 e. The van der Waals surface area contributed by atoms with Crippen LogP contribution in [-0.2, 0) is 16.8 Å². The molecule has 0 unspecified atom stereocenters. The number of halogens is 1. The van der Waals surface area contributed by atoms with Gasteiger partial charge in [0.2, 0.25) is 0 Å². The average Bonchev–Trinajstić information content (AvgIpc) is 2.69. The van der Waals surface area contributed by atoms with E-state index in [-0.39, 0.29) is 22.9 Å². The molecule has 8 heteroatoms. The topological polar surface area (TPSA) is 109 Å². The van der Waals surface area contributed by atoms with Gasteiger partial charge in [-0.1, -0.05) is 45.0 Å². The second kappa shape index (κ2) is 8.22. The molecule has 0 saturated carbocycles. The first-order valence-electron chi connectivity index (χ1n) is 9.63. The van der Waals surface area contributed by atoms with Crippen LogP contribution >= 0.6 is 0 Å². The lowest BCUT2D eigenvalue weighted by molar-refractivity contribution is -0.135. The summed E-state index contributed by atoms with van der Waals surface area (Å²) in [5, 5.41) is 21.5. The third-order valence-corrected chi connectivity index (χ3v) is 4.99. The number of hydrogen-bond donors (Lipinski definition) is 3. The summed E-state index contributed by atoms with van der Waals surface area (Å²) < 4.78 is 15.1. The van der Waals surface area contributed by atoms with Gasteiger partial charge in [0.25, 0.3) is 11.5 Å². The number of amides is 1. The number of hydrogen-bond acceptors (Lipinski definition) is 4. The summed E-state index contributed by atoms with van der Waals surface area (Å²) in [5.74, 6) is -3.55. The maximum absolute atomic E-state index is 13.9. The Hall–Kier alpha value is -3.68. The van der Waals surface area contributed by atoms with Gasteiger partial charge in [0.05, 0.1) is 12.1 Å². The Bertz CT molecular complexity index is 1220. The zero-order valence-corrected chi connectivity index (χ0v) is 17.4. The molecule has 0 fully saturated rings. The van der Waals surface area contributed by atoms with Crippen molar-refractivity contribution in [3.63, 3.8) is 0 Å². The van der Waals surface area contributed by atoms with Gasteiger partial charge in [-0.05, 0) is 34.7 Å². The first kappa shape index (κ1) is 22.0. The van der Waals surface area contributed by atoms with Crippen LogP contribution in [0.2, 0.25) is 0 Å². The van der Waals surface area contributed by atoms with Crippen LogP contribution in [-0.4, -0.2) is 33.2 Å². The monoisotopic (exact) mass is 426 g/mol. The van der Waals surface area contributed by atoms with Gasteiger partial charge in [-0.15, -0.1) is 0 Å². The van der Waals surface area contributed by atoms with Gasteiger partial charge in [0, 0.05) is 5.39 Å². The number of carbonyl (C=O) groups excluding carboxylic acids is 1. The number of nitrogens with zero attached hydrogens (tertiary/aromatic N) is 1. The summed E-state index contributed by atoms with van der Waals surface area (Å²) in [7, 11) is 0. The van der Waals surface area contributed by atoms with Crippen molar-refractivity contribution in [1.82, 2.24) is 9.88 Å². The van der Waals surface area contributed by atoms with E-state index in [1.54, 1.807) is 0 Å². The molecule has 1 heterocycles. The molecule has 1 aromatic heterocycles. The second-order valence-electron chi connectivity index (χ2n) is 8.30. The number of rotatable bonds is 5. The predicted octanol–water partition coefficient (Wildman–Crippen LogP) is 3.01. The molecule has 162 valence electrons. The van der Waals surface area contributed by atoms with Crippen LogP contribution in [0, 0.1) is 5.82 Å². The zero-order valence-electron chi connectivity index (χ0n) is 17.4. The highest BCUT2D eigenvalue weighted by atomic mass is 19.1. The van der Waals surface area contributed by atoms with Crippen molar-refractivity contribution in [2.75, 3.05) is 6.54 Å². The SMILES string of the molecule is CC(C)(C)c1ccc(Cn2c(=O)c(C(=O)NCC(=O)O)c(O)c3ccc(F)cc32)cc1. The fraction of sp³-hybridized carbons (Fsp3) is 0.261. The van der Waals surface area contributed by atoms with E-state index in [2.05, 4.69) is 26.1 Å². The van der Waals surface area contributed by atoms with Crippen molar-refractivity contribution in [3.8, 4) is 5.75 Å². The van der Waals surface area contributed by atoms with Gasteiger partial charge in [-0.2, -0.15) is 0 Å². The van der Waals surface area contributed by atoms with Crippen molar-refractivity contribution < 1.29 is 24.2 Å². The van der Waals surface area contributed by atoms with Crippen LogP contribution in [0.3, 0.4) is 0 Å². The number of fused-ring (bicyclic) bond motifs is 1. The molecule has 0 atom stereocenters. The first-order valence-corrected chi connectivity index (χ1v) is 9.63. The summed E-state index contributed by atoms with van der Waals surface area (Å²) in [4.78, 5) is 36.3. The molecule has 0 aliphatic heterocycles. The number of benzene rings is 2. The highest BCUT2D eigenvalue weighted by Crippen LogP contribution is 2.28. The van der Waals surface area contributed by atoms with Crippen LogP contribution in [0.1, 0.15) is 42.3 Å². The van der Waals surface area contributed by atoms with Crippen LogP contribution in [0.25, 0.3) is 10.9 Å². The lowest BCUT2D eigenvalue weighted by Gasteiger charge is -2.19. The first-order chi connectivity index (χ1) is 14.5. The number of carboxylic acids is 1. The van der Waals surface area contributed by atoms with E-state index in [4.69, 9.17) is 5.11 Å². The quantitative estimate of drug-likeness (QED) is 0.581. The Morgan fingerprint density at radius 2 is 1.74 bits per heavy atom. The number of aromatic hydroxyl groups is 1. The molecule has 0 aliphatic rings. The van der Waals surface area contributed by atoms with E-state index in [0.29, 0.717) is 0 Å². The number of carboxylic acid groups (broad SMARTS) is 1. The molecule has 3 N–H and O–H groups in total. The van der Waals surface area contributed by atoms with E-state index >= 15 is 0 Å². The fourth-order valence-electron chi connectivity index (χ4n) is 3.31. The lowest BCUT2D eigenvalue weighted by Crippen LogP contribution is -2.36. The summed E-state index contributed by atoms with van der Waals surface area (Å²) in [6.07, 6.45) is 0. The highest BCUT2D eigenvalue weighted by Gasteiger charge is 2.23. The molecule has 3 aromatic rings. The summed E-state index contributed by atoms with van der Waals surface area (Å²) in [6.45, 7) is 5.54. The molecule has 0 spiro atoms. The summed E-state index contributed by atoms with van der Waals surface area (Å²) in [6, 6.07) is 11.0. The molecule has 7 nitrogen and oxygen atoms in total. The minimum Gasteiger partial charge on any atom is -0.506 e. The van der Waals surface area contributed by atoms with E-state index in [1.165, 1.54) is 10.6 Å². The Morgan fingerprint density at radius 3 is 2.32 bits per heavy atom. The normalized spacial score (nSPS) is 11.5. The highest BCUT2D eigenvalue weighted by molar-refractivity contribution is 6.03. The molecular weight excluding hydrogens is 403 g/mol. The number of aromatic nitrogens is 1. The maximum atomic E-state index is 13.9. The maximum Gasteiger partial charge on any atom is 0.322 e. The second-order valence-corrected chi connectivity index (χ2v) is 8.30. The molecule has 0 bridgehead atoms. The molecule has 2 aromatic carbocycles. The van der Waals surface area contributed by atoms with E-state index < -0.39 is 41.1 Å². The van der Waals surface area contributed by atoms with Crippen LogP contribution in [0.15, 0.2) is 47.3 Å². The fourth-order valence-corrected chi connectivity index (χ4v) is 3.31. The predicted molar refractivity (Wildman–Crippen MR) is 114 cm³/mol. The van der Waals surface area contributed by atoms with Crippen molar-refractivity contribution >= 4 is 22.8 Å². The Morgan fingerprint density at radius 1 is 1.10 bits per heavy atom. The molecular formula is C23H23FN2O5. The Balaban J connectivity index is 2.15. The standard InChI is InChI=1S/C23H23FN2O5/c1-23(2,3)14-6-4-13(5-7-14)12-26-17-10-15(24)8-9-16(17)20(29)19(22(26)31)21(30)25-11-18(27)28/h4-10,29H,11-12H2,1-3H3,(H,25,30)(H,27,28). The summed E-state index contributed by atoms with van der Waals surface area (Å²) >= 11 is 0. The van der Waals surface area contributed by atoms with Gasteiger partial charge in [0.1, 0.15) is 23.7 Å². The number of nitrogens with one attached hydrogen (secondary N) is 1. The van der Waals surface area contributed by atoms with E-state index in [0.717, 1.165) is 23.3 Å². The molecule has 3 rings (SSSR count). The third-order valence-electron chi connectivity index (χ3n) is 4.99. The zero-order chi connectivity index (χ0) is 22.9. The Kier molecular flexibility index (Phi) is 5.83. The van der Waals surface area contributed by atoms with Crippen molar-refractivity contribution in [3.05, 3.63) is 75.3 Å². The molecule has 0 radical (unpaired) electrons. The molecule has 0 saturated heterocycles. The van der Waals surface area contributed by atoms with Gasteiger partial charge in [0.15, 0.2) is 0 Å². The van der Waals surface area contributed by atoms with Gasteiger partial charge < -0.3 is 20.1 Å². The van der Waals surface area contributed by atoms with Gasteiger partial charge >= 0.3 is 5.97 Å². The molecule has 1 amide bonds. The smallest absolute Gasteiger partial charge is 0.322 e. The van der Waals surface area contributed by atoms with E-state index in [9.17, 15) is 23.9 Å². The number of pyridine rings is 1. The number of aliphatic carboxylic acids is 1. The minimum absolute atomic E-state index is 0.0305. The van der Waals surface area contributed by atoms with Crippen LogP contribution in [0.5, 0.6) is 5.75 Å². The molecule has 0 aliphatic carbocycles. The molecule has 31 heavy (non-hydrogen) atoms. The van der Waals surface area contributed by atoms with Crippen LogP contribution < -0.4 is 10.9 Å². The Labute approximate surface area is 177 Å². The third kappa shape index (κ3) is 4.58. The van der Waals surface area contributed by atoms with Gasteiger partial charge in [-0.3, -0.25) is 14.4 Å². The number of carbonyl (C=O) groups is 2.